The Hall–Kier alpha value is -0.230. The third kappa shape index (κ3) is 4.03. The number of hydrogen-bond donors (Lipinski definition) is 0. The van der Waals surface area contributed by atoms with Gasteiger partial charge >= 0.3 is 5.97 Å². The Bertz CT molecular complexity index is 238. The summed E-state index contributed by atoms with van der Waals surface area (Å²) < 4.78 is 30.4. The van der Waals surface area contributed by atoms with Crippen LogP contribution >= 0.6 is 15.9 Å². The number of esters is 1. The molecule has 3 nitrogen and oxygen atoms in total. The van der Waals surface area contributed by atoms with Crippen LogP contribution in [0.15, 0.2) is 0 Å². The van der Waals surface area contributed by atoms with Gasteiger partial charge in [0.15, 0.2) is 0 Å². The Morgan fingerprint density at radius 2 is 2.33 bits per heavy atom. The van der Waals surface area contributed by atoms with Crippen LogP contribution in [0.4, 0.5) is 8.78 Å². The van der Waals surface area contributed by atoms with Gasteiger partial charge in [0.25, 0.3) is 5.92 Å². The zero-order valence-electron chi connectivity index (χ0n) is 8.51. The average molecular weight is 286 g/mol. The average Bonchev–Trinajstić information content (AvgIpc) is 2.46. The highest BCUT2D eigenvalue weighted by atomic mass is 79.9. The van der Waals surface area contributed by atoms with Gasteiger partial charge in [-0.25, -0.2) is 8.78 Å². The van der Waals surface area contributed by atoms with E-state index in [0.717, 1.165) is 0 Å². The molecule has 0 bridgehead atoms. The number of carbonyl (C=O) groups excluding carboxylic acids is 1. The minimum Gasteiger partial charge on any atom is -0.465 e. The molecule has 1 unspecified atom stereocenters. The molecule has 0 aromatic rings. The van der Waals surface area contributed by atoms with Crippen molar-refractivity contribution in [2.75, 3.05) is 26.2 Å². The second kappa shape index (κ2) is 5.21. The summed E-state index contributed by atoms with van der Waals surface area (Å²) in [7, 11) is 0. The van der Waals surface area contributed by atoms with E-state index < -0.39 is 16.7 Å². The normalized spacial score (nSPS) is 22.7. The van der Waals surface area contributed by atoms with E-state index >= 15 is 0 Å². The first kappa shape index (κ1) is 12.8. The maximum Gasteiger partial charge on any atom is 0.321 e. The van der Waals surface area contributed by atoms with Gasteiger partial charge in [0, 0.05) is 19.5 Å². The number of likely N-dealkylation sites (tertiary alicyclic amines) is 1. The predicted octanol–water partition coefficient (Wildman–Crippen LogP) is 1.65. The van der Waals surface area contributed by atoms with Gasteiger partial charge in [-0.2, -0.15) is 0 Å². The van der Waals surface area contributed by atoms with Crippen LogP contribution < -0.4 is 0 Å². The SMILES string of the molecule is CCOC(=O)C(Br)CN1CCC(F)(F)C1. The lowest BCUT2D eigenvalue weighted by molar-refractivity contribution is -0.142. The fourth-order valence-electron chi connectivity index (χ4n) is 1.50. The van der Waals surface area contributed by atoms with Crippen molar-refractivity contribution in [3.8, 4) is 0 Å². The monoisotopic (exact) mass is 285 g/mol. The zero-order chi connectivity index (χ0) is 11.5. The minimum absolute atomic E-state index is 0.129. The minimum atomic E-state index is -2.61. The molecule has 0 aromatic heterocycles. The second-order valence-electron chi connectivity index (χ2n) is 3.56. The van der Waals surface area contributed by atoms with Gasteiger partial charge in [-0.3, -0.25) is 9.69 Å². The van der Waals surface area contributed by atoms with Crippen molar-refractivity contribution in [2.45, 2.75) is 24.1 Å². The van der Waals surface area contributed by atoms with Crippen molar-refractivity contribution < 1.29 is 18.3 Å². The second-order valence-corrected chi connectivity index (χ2v) is 4.67. The van der Waals surface area contributed by atoms with E-state index in [1.54, 1.807) is 11.8 Å². The Balaban J connectivity index is 2.33. The van der Waals surface area contributed by atoms with Crippen molar-refractivity contribution in [1.82, 2.24) is 4.90 Å². The Kier molecular flexibility index (Phi) is 4.45. The molecule has 0 amide bonds. The number of carbonyl (C=O) groups is 1. The lowest BCUT2D eigenvalue weighted by atomic mass is 10.3. The number of nitrogens with zero attached hydrogens (tertiary/aromatic N) is 1. The van der Waals surface area contributed by atoms with Crippen LogP contribution in [0.3, 0.4) is 0 Å². The third-order valence-corrected chi connectivity index (χ3v) is 2.87. The zero-order valence-corrected chi connectivity index (χ0v) is 10.1. The first-order chi connectivity index (χ1) is 6.94. The first-order valence-electron chi connectivity index (χ1n) is 4.85. The Morgan fingerprint density at radius 3 is 2.80 bits per heavy atom. The van der Waals surface area contributed by atoms with Crippen molar-refractivity contribution >= 4 is 21.9 Å². The first-order valence-corrected chi connectivity index (χ1v) is 5.77. The fraction of sp³-hybridized carbons (Fsp3) is 0.889. The van der Waals surface area contributed by atoms with E-state index in [1.165, 1.54) is 0 Å². The van der Waals surface area contributed by atoms with E-state index in [-0.39, 0.29) is 19.5 Å². The quantitative estimate of drug-likeness (QED) is 0.581. The van der Waals surface area contributed by atoms with Gasteiger partial charge in [0.05, 0.1) is 13.2 Å². The van der Waals surface area contributed by atoms with E-state index in [1.807, 2.05) is 0 Å². The summed E-state index contributed by atoms with van der Waals surface area (Å²) in [4.78, 5) is 12.3. The molecule has 0 aromatic carbocycles. The van der Waals surface area contributed by atoms with Crippen LogP contribution in [0.2, 0.25) is 0 Å². The van der Waals surface area contributed by atoms with Gasteiger partial charge in [-0.1, -0.05) is 15.9 Å². The molecule has 6 heteroatoms. The van der Waals surface area contributed by atoms with Crippen LogP contribution in [0, 0.1) is 0 Å². The molecule has 1 aliphatic heterocycles. The molecule has 1 fully saturated rings. The molecule has 0 N–H and O–H groups in total. The highest BCUT2D eigenvalue weighted by molar-refractivity contribution is 9.10. The summed E-state index contributed by atoms with van der Waals surface area (Å²) >= 11 is 3.13. The summed E-state index contributed by atoms with van der Waals surface area (Å²) in [5.41, 5.74) is 0. The number of ether oxygens (including phenoxy) is 1. The van der Waals surface area contributed by atoms with Crippen molar-refractivity contribution in [3.05, 3.63) is 0 Å². The Labute approximate surface area is 95.9 Å². The maximum atomic E-state index is 12.8. The molecule has 1 atom stereocenters. The maximum absolute atomic E-state index is 12.8. The molecule has 0 radical (unpaired) electrons. The number of halogens is 3. The van der Waals surface area contributed by atoms with Gasteiger partial charge in [-0.15, -0.1) is 0 Å². The van der Waals surface area contributed by atoms with Crippen LogP contribution in [0.5, 0.6) is 0 Å². The highest BCUT2D eigenvalue weighted by Crippen LogP contribution is 2.27. The van der Waals surface area contributed by atoms with E-state index in [2.05, 4.69) is 15.9 Å². The molecule has 0 spiro atoms. The molecule has 0 aliphatic carbocycles. The summed E-state index contributed by atoms with van der Waals surface area (Å²) in [5, 5.41) is 0. The van der Waals surface area contributed by atoms with Gasteiger partial charge in [0.1, 0.15) is 4.83 Å². The molecule has 0 saturated carbocycles. The predicted molar refractivity (Wildman–Crippen MR) is 55.4 cm³/mol. The van der Waals surface area contributed by atoms with Crippen LogP contribution in [0.25, 0.3) is 0 Å². The lowest BCUT2D eigenvalue weighted by Crippen LogP contribution is -2.34. The van der Waals surface area contributed by atoms with Gasteiger partial charge in [-0.05, 0) is 6.92 Å². The molecular formula is C9H14BrF2NO2. The smallest absolute Gasteiger partial charge is 0.321 e. The number of rotatable bonds is 4. The van der Waals surface area contributed by atoms with Crippen LogP contribution in [0.1, 0.15) is 13.3 Å². The number of hydrogen-bond acceptors (Lipinski definition) is 3. The fourth-order valence-corrected chi connectivity index (χ4v) is 2.04. The van der Waals surface area contributed by atoms with E-state index in [4.69, 9.17) is 4.74 Å². The summed E-state index contributed by atoms with van der Waals surface area (Å²) in [6, 6.07) is 0. The topological polar surface area (TPSA) is 29.5 Å². The molecule has 1 aliphatic rings. The third-order valence-electron chi connectivity index (χ3n) is 2.21. The molecule has 1 saturated heterocycles. The van der Waals surface area contributed by atoms with Gasteiger partial charge in [0.2, 0.25) is 0 Å². The lowest BCUT2D eigenvalue weighted by Gasteiger charge is -2.18. The molecule has 88 valence electrons. The number of alkyl halides is 3. The molecule has 1 rings (SSSR count). The summed E-state index contributed by atoms with van der Waals surface area (Å²) in [6.07, 6.45) is -0.129. The van der Waals surface area contributed by atoms with Crippen molar-refractivity contribution in [3.63, 3.8) is 0 Å². The Morgan fingerprint density at radius 1 is 1.67 bits per heavy atom. The van der Waals surface area contributed by atoms with Crippen molar-refractivity contribution in [2.24, 2.45) is 0 Å². The highest BCUT2D eigenvalue weighted by Gasteiger charge is 2.39. The largest absolute Gasteiger partial charge is 0.465 e. The van der Waals surface area contributed by atoms with E-state index in [9.17, 15) is 13.6 Å². The summed E-state index contributed by atoms with van der Waals surface area (Å²) in [6.45, 7) is 2.34. The van der Waals surface area contributed by atoms with Crippen LogP contribution in [-0.4, -0.2) is 47.9 Å². The standard InChI is InChI=1S/C9H14BrF2NO2/c1-2-15-8(14)7(10)5-13-4-3-9(11,12)6-13/h7H,2-6H2,1H3. The van der Waals surface area contributed by atoms with Crippen molar-refractivity contribution in [1.29, 1.82) is 0 Å². The van der Waals surface area contributed by atoms with Gasteiger partial charge < -0.3 is 4.74 Å². The molecular weight excluding hydrogens is 272 g/mol. The summed E-state index contributed by atoms with van der Waals surface area (Å²) in [5.74, 6) is -3.01. The molecule has 1 heterocycles. The van der Waals surface area contributed by atoms with E-state index in [0.29, 0.717) is 13.2 Å². The molecule has 15 heavy (non-hydrogen) atoms. The van der Waals surface area contributed by atoms with Crippen LogP contribution in [-0.2, 0) is 9.53 Å².